The van der Waals surface area contributed by atoms with Gasteiger partial charge in [0.05, 0.1) is 78.8 Å². The maximum Gasteiger partial charge on any atom is 0.258 e. The Hall–Kier alpha value is -5.40. The first kappa shape index (κ1) is 57.5. The molecule has 2 heterocycles. The van der Waals surface area contributed by atoms with Gasteiger partial charge in [-0.15, -0.1) is 0 Å². The highest BCUT2D eigenvalue weighted by molar-refractivity contribution is 6.12. The van der Waals surface area contributed by atoms with Crippen LogP contribution in [0.1, 0.15) is 49.4 Å². The molecule has 6 amide bonds. The molecule has 7 N–H and O–H groups in total. The monoisotopic (exact) mass is 1010 g/mol. The lowest BCUT2D eigenvalue weighted by Gasteiger charge is -2.38. The van der Waals surface area contributed by atoms with E-state index in [0.29, 0.717) is 90.0 Å². The number of imide groups is 1. The number of aliphatic hydroxyl groups excluding tert-OH is 3. The van der Waals surface area contributed by atoms with E-state index in [1.165, 1.54) is 17.1 Å². The Bertz CT molecular complexity index is 2020. The number of aliphatic hydroxyl groups is 3. The number of nitrogens with zero attached hydrogens (tertiary/aromatic N) is 1. The summed E-state index contributed by atoms with van der Waals surface area (Å²) in [5.74, 6) is -0.820. The second kappa shape index (κ2) is 31.9. The average Bonchev–Trinajstić information content (AvgIpc) is 3.70. The van der Waals surface area contributed by atoms with Gasteiger partial charge in [0, 0.05) is 62.8 Å². The lowest BCUT2D eigenvalue weighted by atomic mass is 9.81. The van der Waals surface area contributed by atoms with E-state index in [1.54, 1.807) is 37.3 Å². The number of nitrogens with one attached hydrogen (secondary N) is 4. The predicted molar refractivity (Wildman–Crippen MR) is 257 cm³/mol. The first-order valence-electron chi connectivity index (χ1n) is 24.6. The van der Waals surface area contributed by atoms with Gasteiger partial charge in [-0.2, -0.15) is 0 Å². The fraction of sp³-hybridized carbons (Fsp3) is 0.600. The zero-order chi connectivity index (χ0) is 51.5. The Kier molecular flexibility index (Phi) is 25.5. The Morgan fingerprint density at radius 3 is 1.86 bits per heavy atom. The van der Waals surface area contributed by atoms with E-state index in [9.17, 15) is 44.1 Å². The molecule has 0 spiro atoms. The number of hydrogen-bond donors (Lipinski definition) is 7. The number of ether oxygens (including phenoxy) is 8. The summed E-state index contributed by atoms with van der Waals surface area (Å²) in [5, 5.41) is 40.7. The number of benzene rings is 2. The minimum absolute atomic E-state index is 0.0587. The molecule has 0 radical (unpaired) electrons. The van der Waals surface area contributed by atoms with Crippen LogP contribution in [0.2, 0.25) is 0 Å². The molecule has 5 rings (SSSR count). The number of carbonyl (C=O) groups excluding carboxylic acids is 6. The molecule has 3 aliphatic rings. The molecule has 2 fully saturated rings. The lowest BCUT2D eigenvalue weighted by Crippen LogP contribution is -2.57. The molecule has 72 heavy (non-hydrogen) atoms. The van der Waals surface area contributed by atoms with E-state index in [-0.39, 0.29) is 99.8 Å². The number of amides is 6. The van der Waals surface area contributed by atoms with Crippen molar-refractivity contribution < 1.29 is 82.0 Å². The molecular weight excluding hydrogens is 943 g/mol. The molecule has 0 bridgehead atoms. The third-order valence-electron chi connectivity index (χ3n) is 12.0. The number of carbonyl (C=O) groups is 6. The van der Waals surface area contributed by atoms with E-state index < -0.39 is 30.7 Å². The third kappa shape index (κ3) is 20.2. The van der Waals surface area contributed by atoms with E-state index in [0.717, 1.165) is 24.0 Å². The smallest absolute Gasteiger partial charge is 0.258 e. The van der Waals surface area contributed by atoms with E-state index in [2.05, 4.69) is 21.3 Å². The van der Waals surface area contributed by atoms with Crippen LogP contribution < -0.4 is 26.0 Å². The standard InChI is InChI=1S/C50H71N5O17/c1-34-45(60)46(61)47(62)50(72-34)70-30-29-67-21-18-51-41(56)15-20-65-23-25-68-27-28-69-26-24-66-22-19-52-42(57)33-71-40-11-9-36(10-12-40)38-3-2-4-39(31-38)49(64)54-17-16-53-48(63)37-7-5-35(6-8-37)32-55-43(58)13-14-44(55)59/h2-4,9-14,31,34-35,37,45-47,50,60-62H,5-8,15-30,32-33H2,1H3,(H,51,56)(H,52,57)(H,53,63)(H,54,64)/t34-,35?,37?,45-,46+,47+,50+/m0/s1. The van der Waals surface area contributed by atoms with Crippen LogP contribution in [-0.4, -0.2) is 198 Å². The Labute approximate surface area is 419 Å². The molecule has 22 heteroatoms. The van der Waals surface area contributed by atoms with Crippen LogP contribution in [0, 0.1) is 11.8 Å². The van der Waals surface area contributed by atoms with E-state index >= 15 is 0 Å². The molecule has 2 aromatic rings. The van der Waals surface area contributed by atoms with Crippen LogP contribution in [0.25, 0.3) is 11.1 Å². The van der Waals surface area contributed by atoms with Gasteiger partial charge >= 0.3 is 0 Å². The second-order valence-corrected chi connectivity index (χ2v) is 17.3. The van der Waals surface area contributed by atoms with Crippen LogP contribution >= 0.6 is 0 Å². The summed E-state index contributed by atoms with van der Waals surface area (Å²) in [6.07, 6.45) is -0.0519. The minimum atomic E-state index is -1.37. The lowest BCUT2D eigenvalue weighted by molar-refractivity contribution is -0.294. The Morgan fingerprint density at radius 1 is 0.625 bits per heavy atom. The van der Waals surface area contributed by atoms with Crippen LogP contribution in [0.15, 0.2) is 60.7 Å². The molecule has 0 unspecified atom stereocenters. The van der Waals surface area contributed by atoms with E-state index in [4.69, 9.17) is 37.9 Å². The van der Waals surface area contributed by atoms with Gasteiger partial charge in [-0.3, -0.25) is 33.7 Å². The molecule has 2 aromatic carbocycles. The molecule has 22 nitrogen and oxygen atoms in total. The SMILES string of the molecule is C[C@@H]1O[C@@H](OCCOCCNC(=O)CCOCCOCCOCCOCCNC(=O)COc2ccc(-c3cccc(C(=O)NCCNC(=O)C4CCC(CN5C(=O)C=CC5=O)CC4)c3)cc2)[C@H](O)[C@H](O)[C@H]1O. The minimum Gasteiger partial charge on any atom is -0.484 e. The second-order valence-electron chi connectivity index (χ2n) is 17.3. The Balaban J connectivity index is 0.782. The quantitative estimate of drug-likeness (QED) is 0.0362. The van der Waals surface area contributed by atoms with Gasteiger partial charge in [0.2, 0.25) is 11.8 Å². The third-order valence-corrected chi connectivity index (χ3v) is 12.0. The largest absolute Gasteiger partial charge is 0.484 e. The molecule has 5 atom stereocenters. The molecule has 0 aromatic heterocycles. The molecule has 1 saturated carbocycles. The maximum absolute atomic E-state index is 12.9. The van der Waals surface area contributed by atoms with Crippen molar-refractivity contribution in [2.75, 3.05) is 112 Å². The van der Waals surface area contributed by atoms with Crippen molar-refractivity contribution >= 4 is 35.4 Å². The fourth-order valence-electron chi connectivity index (χ4n) is 7.88. The van der Waals surface area contributed by atoms with Crippen molar-refractivity contribution in [2.45, 2.75) is 69.7 Å². The summed E-state index contributed by atoms with van der Waals surface area (Å²) in [7, 11) is 0. The van der Waals surface area contributed by atoms with E-state index in [1.807, 2.05) is 18.2 Å². The van der Waals surface area contributed by atoms with Gasteiger partial charge in [0.1, 0.15) is 24.1 Å². The summed E-state index contributed by atoms with van der Waals surface area (Å²) < 4.78 is 43.6. The summed E-state index contributed by atoms with van der Waals surface area (Å²) in [4.78, 5) is 74.9. The highest BCUT2D eigenvalue weighted by Gasteiger charge is 2.42. The highest BCUT2D eigenvalue weighted by Crippen LogP contribution is 2.30. The van der Waals surface area contributed by atoms with Crippen molar-refractivity contribution in [1.29, 1.82) is 0 Å². The van der Waals surface area contributed by atoms with Crippen molar-refractivity contribution in [3.8, 4) is 16.9 Å². The van der Waals surface area contributed by atoms with Gasteiger partial charge in [0.15, 0.2) is 12.9 Å². The first-order valence-corrected chi connectivity index (χ1v) is 24.6. The molecular formula is C50H71N5O17. The van der Waals surface area contributed by atoms with Gasteiger partial charge < -0.3 is 74.5 Å². The average molecular weight is 1010 g/mol. The van der Waals surface area contributed by atoms with Crippen LogP contribution in [-0.2, 0) is 57.1 Å². The normalized spacial score (nSPS) is 21.9. The van der Waals surface area contributed by atoms with Crippen LogP contribution in [0.5, 0.6) is 5.75 Å². The van der Waals surface area contributed by atoms with Gasteiger partial charge in [-0.1, -0.05) is 24.3 Å². The summed E-state index contributed by atoms with van der Waals surface area (Å²) in [6.45, 7) is 6.08. The molecule has 2 aliphatic heterocycles. The van der Waals surface area contributed by atoms with Crippen molar-refractivity contribution in [3.63, 3.8) is 0 Å². The zero-order valence-corrected chi connectivity index (χ0v) is 40.9. The van der Waals surface area contributed by atoms with Gasteiger partial charge in [-0.05, 0) is 73.9 Å². The maximum atomic E-state index is 12.9. The van der Waals surface area contributed by atoms with Crippen molar-refractivity contribution in [2.24, 2.45) is 11.8 Å². The summed E-state index contributed by atoms with van der Waals surface area (Å²) in [6, 6.07) is 14.4. The van der Waals surface area contributed by atoms with Crippen molar-refractivity contribution in [3.05, 3.63) is 66.2 Å². The topological polar surface area (TPSA) is 288 Å². The molecule has 398 valence electrons. The Morgan fingerprint density at radius 2 is 1.21 bits per heavy atom. The van der Waals surface area contributed by atoms with Gasteiger partial charge in [0.25, 0.3) is 23.6 Å². The highest BCUT2D eigenvalue weighted by atomic mass is 16.7. The predicted octanol–water partition coefficient (Wildman–Crippen LogP) is -0.141. The van der Waals surface area contributed by atoms with Crippen LogP contribution in [0.3, 0.4) is 0 Å². The molecule has 1 aliphatic carbocycles. The molecule has 1 saturated heterocycles. The fourth-order valence-corrected chi connectivity index (χ4v) is 7.88. The first-order chi connectivity index (χ1) is 34.9. The number of hydrogen-bond acceptors (Lipinski definition) is 17. The zero-order valence-electron chi connectivity index (χ0n) is 40.9. The van der Waals surface area contributed by atoms with Gasteiger partial charge in [-0.25, -0.2) is 0 Å². The number of rotatable bonds is 33. The van der Waals surface area contributed by atoms with Crippen molar-refractivity contribution in [1.82, 2.24) is 26.2 Å². The van der Waals surface area contributed by atoms with Crippen LogP contribution in [0.4, 0.5) is 0 Å². The summed E-state index contributed by atoms with van der Waals surface area (Å²) in [5.41, 5.74) is 2.14. The summed E-state index contributed by atoms with van der Waals surface area (Å²) >= 11 is 0.